The van der Waals surface area contributed by atoms with E-state index in [0.717, 1.165) is 0 Å². The Morgan fingerprint density at radius 3 is 2.19 bits per heavy atom. The summed E-state index contributed by atoms with van der Waals surface area (Å²) in [5, 5.41) is 7.20. The summed E-state index contributed by atoms with van der Waals surface area (Å²) in [4.78, 5) is 33.2. The molecule has 0 aromatic carbocycles. The third kappa shape index (κ3) is 5.43. The number of hydrogen-bond acceptors (Lipinski definition) is 4. The largest absolute Gasteiger partial charge is 0.397 e. The van der Waals surface area contributed by atoms with E-state index < -0.39 is 0 Å². The first-order valence-corrected chi connectivity index (χ1v) is 7.28. The van der Waals surface area contributed by atoms with Gasteiger partial charge in [-0.15, -0.1) is 24.8 Å². The molecule has 2 aromatic heterocycles. The van der Waals surface area contributed by atoms with Gasteiger partial charge < -0.3 is 31.2 Å². The number of carbonyl (C=O) groups excluding carboxylic acids is 2. The highest BCUT2D eigenvalue weighted by Crippen LogP contribution is 2.18. The van der Waals surface area contributed by atoms with E-state index in [9.17, 15) is 9.59 Å². The zero-order chi connectivity index (χ0) is 17.9. The summed E-state index contributed by atoms with van der Waals surface area (Å²) in [5.74, 6) is -0.487. The van der Waals surface area contributed by atoms with E-state index in [1.807, 2.05) is 0 Å². The fourth-order valence-corrected chi connectivity index (χ4v) is 2.13. The lowest BCUT2D eigenvalue weighted by Crippen LogP contribution is -2.30. The van der Waals surface area contributed by atoms with Gasteiger partial charge in [-0.2, -0.15) is 0 Å². The average Bonchev–Trinajstić information content (AvgIpc) is 3.19. The molecule has 9 nitrogen and oxygen atoms in total. The molecule has 0 saturated heterocycles. The van der Waals surface area contributed by atoms with Gasteiger partial charge in [-0.3, -0.25) is 15.0 Å². The summed E-state index contributed by atoms with van der Waals surface area (Å²) in [7, 11) is 3.23. The maximum Gasteiger partial charge on any atom is 0.274 e. The number of H-pyrrole nitrogens is 2. The molecule has 144 valence electrons. The molecule has 0 aliphatic rings. The van der Waals surface area contributed by atoms with E-state index in [1.54, 1.807) is 32.4 Å². The molecule has 2 rings (SSSR count). The number of nitrogens with zero attached hydrogens (tertiary/aromatic N) is 2. The van der Waals surface area contributed by atoms with Crippen LogP contribution in [-0.2, 0) is 0 Å². The average molecular weight is 404 g/mol. The first kappa shape index (κ1) is 23.4. The molecule has 0 saturated carbocycles. The molecule has 7 N–H and O–H groups in total. The minimum absolute atomic E-state index is 0. The van der Waals surface area contributed by atoms with E-state index in [1.165, 1.54) is 16.0 Å². The van der Waals surface area contributed by atoms with Crippen molar-refractivity contribution < 1.29 is 9.59 Å². The summed E-state index contributed by atoms with van der Waals surface area (Å²) in [6.45, 7) is 0.346. The second-order valence-electron chi connectivity index (χ2n) is 5.48. The molecular weight excluding hydrogens is 381 g/mol. The Hall–Kier alpha value is -2.65. The van der Waals surface area contributed by atoms with Crippen LogP contribution in [-0.4, -0.2) is 53.2 Å². The Morgan fingerprint density at radius 1 is 1.08 bits per heavy atom. The summed E-state index contributed by atoms with van der Waals surface area (Å²) < 4.78 is 0. The maximum atomic E-state index is 12.3. The van der Waals surface area contributed by atoms with E-state index in [2.05, 4.69) is 9.97 Å². The van der Waals surface area contributed by atoms with Crippen molar-refractivity contribution in [1.29, 1.82) is 5.41 Å². The Labute approximate surface area is 163 Å². The molecule has 11 heteroatoms. The number of nitrogen functional groups attached to an aromatic ring is 1. The highest BCUT2D eigenvalue weighted by Gasteiger charge is 2.19. The fraction of sp³-hybridized carbons (Fsp3) is 0.267. The van der Waals surface area contributed by atoms with Crippen LogP contribution in [0.4, 0.5) is 11.4 Å². The van der Waals surface area contributed by atoms with Crippen LogP contribution in [0.3, 0.4) is 0 Å². The number of carbonyl (C=O) groups is 2. The van der Waals surface area contributed by atoms with Crippen molar-refractivity contribution >= 4 is 53.8 Å². The predicted octanol–water partition coefficient (Wildman–Crippen LogP) is 1.44. The topological polar surface area (TPSA) is 148 Å². The van der Waals surface area contributed by atoms with Crippen molar-refractivity contribution in [2.24, 2.45) is 5.73 Å². The summed E-state index contributed by atoms with van der Waals surface area (Å²) in [6.07, 6.45) is 3.43. The molecular formula is C15H23Cl2N7O2. The fourth-order valence-electron chi connectivity index (χ4n) is 2.13. The Bertz CT molecular complexity index is 772. The van der Waals surface area contributed by atoms with Crippen molar-refractivity contribution in [2.75, 3.05) is 31.3 Å². The van der Waals surface area contributed by atoms with Crippen molar-refractivity contribution in [3.05, 3.63) is 35.9 Å². The molecule has 2 heterocycles. The van der Waals surface area contributed by atoms with E-state index >= 15 is 0 Å². The molecule has 0 bridgehead atoms. The van der Waals surface area contributed by atoms with Crippen molar-refractivity contribution in [3.63, 3.8) is 0 Å². The van der Waals surface area contributed by atoms with Crippen LogP contribution >= 0.6 is 24.8 Å². The molecule has 0 atom stereocenters. The molecule has 0 radical (unpaired) electrons. The number of halogens is 2. The number of aromatic amines is 2. The van der Waals surface area contributed by atoms with Gasteiger partial charge in [-0.05, 0) is 12.1 Å². The minimum Gasteiger partial charge on any atom is -0.397 e. The molecule has 0 aliphatic heterocycles. The lowest BCUT2D eigenvalue weighted by molar-refractivity contribution is 0.0793. The lowest BCUT2D eigenvalue weighted by atomic mass is 10.3. The van der Waals surface area contributed by atoms with E-state index in [-0.39, 0.29) is 42.5 Å². The number of anilines is 2. The number of amidine groups is 1. The van der Waals surface area contributed by atoms with Crippen molar-refractivity contribution in [1.82, 2.24) is 14.9 Å². The first-order valence-electron chi connectivity index (χ1n) is 7.28. The molecule has 2 aromatic rings. The van der Waals surface area contributed by atoms with Gasteiger partial charge in [-0.25, -0.2) is 0 Å². The van der Waals surface area contributed by atoms with Gasteiger partial charge in [-0.1, -0.05) is 0 Å². The Morgan fingerprint density at radius 2 is 1.65 bits per heavy atom. The SMILES string of the molecule is CN(CCC(=N)N)C(=O)c1cc(N(C)C(=O)c2cc(N)c[nH]2)c[nH]1.Cl.Cl. The van der Waals surface area contributed by atoms with Crippen LogP contribution in [0.5, 0.6) is 0 Å². The molecule has 0 unspecified atom stereocenters. The van der Waals surface area contributed by atoms with Crippen molar-refractivity contribution in [2.45, 2.75) is 6.42 Å². The maximum absolute atomic E-state index is 12.3. The monoisotopic (exact) mass is 403 g/mol. The standard InChI is InChI=1S/C15H21N7O2.2ClH/c1-21(4-3-13(17)18)14(23)12-6-10(8-20-12)22(2)15(24)11-5-9(16)7-19-11;;/h5-8,19-20H,3-4,16H2,1-2H3,(H3,17,18);2*1H. The zero-order valence-corrected chi connectivity index (χ0v) is 16.0. The summed E-state index contributed by atoms with van der Waals surface area (Å²) in [6, 6.07) is 3.14. The molecule has 0 fully saturated rings. The minimum atomic E-state index is -0.269. The van der Waals surface area contributed by atoms with Crippen LogP contribution in [0.2, 0.25) is 0 Å². The van der Waals surface area contributed by atoms with Gasteiger partial charge >= 0.3 is 0 Å². The third-order valence-corrected chi connectivity index (χ3v) is 3.59. The van der Waals surface area contributed by atoms with Gasteiger partial charge in [0.15, 0.2) is 0 Å². The van der Waals surface area contributed by atoms with Crippen LogP contribution in [0.1, 0.15) is 27.4 Å². The molecule has 2 amide bonds. The number of nitrogens with one attached hydrogen (secondary N) is 3. The predicted molar refractivity (Wildman–Crippen MR) is 107 cm³/mol. The van der Waals surface area contributed by atoms with Crippen LogP contribution in [0, 0.1) is 5.41 Å². The van der Waals surface area contributed by atoms with Crippen molar-refractivity contribution in [3.8, 4) is 0 Å². The van der Waals surface area contributed by atoms with Crippen LogP contribution < -0.4 is 16.4 Å². The lowest BCUT2D eigenvalue weighted by Gasteiger charge is -2.16. The third-order valence-electron chi connectivity index (χ3n) is 3.59. The number of hydrogen-bond donors (Lipinski definition) is 5. The number of amides is 2. The van der Waals surface area contributed by atoms with Crippen LogP contribution in [0.15, 0.2) is 24.5 Å². The Kier molecular flexibility index (Phi) is 8.74. The van der Waals surface area contributed by atoms with Gasteiger partial charge in [0.25, 0.3) is 11.8 Å². The first-order chi connectivity index (χ1) is 11.3. The van der Waals surface area contributed by atoms with Crippen LogP contribution in [0.25, 0.3) is 0 Å². The summed E-state index contributed by atoms with van der Waals surface area (Å²) in [5.41, 5.74) is 12.6. The molecule has 26 heavy (non-hydrogen) atoms. The normalized spacial score (nSPS) is 9.62. The zero-order valence-electron chi connectivity index (χ0n) is 14.4. The second kappa shape index (κ2) is 9.73. The quantitative estimate of drug-likeness (QED) is 0.366. The van der Waals surface area contributed by atoms with E-state index in [4.69, 9.17) is 16.9 Å². The van der Waals surface area contributed by atoms with Gasteiger partial charge in [0.1, 0.15) is 11.4 Å². The number of rotatable bonds is 6. The smallest absolute Gasteiger partial charge is 0.274 e. The molecule has 0 spiro atoms. The highest BCUT2D eigenvalue weighted by molar-refractivity contribution is 6.05. The van der Waals surface area contributed by atoms with Gasteiger partial charge in [0, 0.05) is 45.1 Å². The van der Waals surface area contributed by atoms with Gasteiger partial charge in [0.2, 0.25) is 0 Å². The molecule has 0 aliphatic carbocycles. The number of aromatic nitrogens is 2. The number of nitrogens with two attached hydrogens (primary N) is 2. The highest BCUT2D eigenvalue weighted by atomic mass is 35.5. The van der Waals surface area contributed by atoms with E-state index in [0.29, 0.717) is 35.7 Å². The second-order valence-corrected chi connectivity index (χ2v) is 5.48. The summed E-state index contributed by atoms with van der Waals surface area (Å²) >= 11 is 0. The Balaban J connectivity index is 0.00000312. The van der Waals surface area contributed by atoms with Gasteiger partial charge in [0.05, 0.1) is 11.5 Å².